The summed E-state index contributed by atoms with van der Waals surface area (Å²) in [5, 5.41) is 0. The standard InChI is InChI=1S/C10H13N.C4H9.Li/c1-3-4-7-10-8-5-6-9(2)11-10;1-3-4-2;/h4-8H,3H2,1-2H3;1,3-4H2,2H3;/q;-1;+1. The minimum Gasteiger partial charge on any atom is -0.343 e. The molecule has 16 heavy (non-hydrogen) atoms. The fraction of sp³-hybridized carbons (Fsp3) is 0.429. The summed E-state index contributed by atoms with van der Waals surface area (Å²) in [6, 6.07) is 6.04. The molecule has 1 aromatic heterocycles. The van der Waals surface area contributed by atoms with Crippen LogP contribution in [0.5, 0.6) is 0 Å². The topological polar surface area (TPSA) is 12.9 Å². The van der Waals surface area contributed by atoms with Gasteiger partial charge in [-0.15, -0.1) is 0 Å². The number of hydrogen-bond donors (Lipinski definition) is 0. The average molecular weight is 211 g/mol. The van der Waals surface area contributed by atoms with Crippen molar-refractivity contribution in [3.63, 3.8) is 0 Å². The summed E-state index contributed by atoms with van der Waals surface area (Å²) in [4.78, 5) is 4.32. The molecule has 0 radical (unpaired) electrons. The van der Waals surface area contributed by atoms with Crippen molar-refractivity contribution in [2.75, 3.05) is 0 Å². The van der Waals surface area contributed by atoms with Crippen LogP contribution < -0.4 is 18.9 Å². The number of pyridine rings is 1. The molecule has 0 spiro atoms. The largest absolute Gasteiger partial charge is 1.00 e. The van der Waals surface area contributed by atoms with Crippen LogP contribution >= 0.6 is 0 Å². The molecule has 0 aliphatic carbocycles. The Morgan fingerprint density at radius 1 is 1.31 bits per heavy atom. The quantitative estimate of drug-likeness (QED) is 0.544. The molecule has 1 heterocycles. The summed E-state index contributed by atoms with van der Waals surface area (Å²) in [5.41, 5.74) is 2.12. The maximum Gasteiger partial charge on any atom is 1.00 e. The van der Waals surface area contributed by atoms with E-state index in [0.717, 1.165) is 24.2 Å². The molecule has 0 amide bonds. The van der Waals surface area contributed by atoms with E-state index in [1.807, 2.05) is 31.2 Å². The molecule has 0 N–H and O–H groups in total. The molecule has 0 fully saturated rings. The number of aryl methyl sites for hydroxylation is 1. The Kier molecular flexibility index (Phi) is 14.0. The Balaban J connectivity index is 0. The molecular weight excluding hydrogens is 189 g/mol. The van der Waals surface area contributed by atoms with Gasteiger partial charge in [0.05, 0.1) is 5.69 Å². The zero-order valence-electron chi connectivity index (χ0n) is 11.2. The van der Waals surface area contributed by atoms with Crippen LogP contribution in [-0.4, -0.2) is 4.98 Å². The van der Waals surface area contributed by atoms with Crippen LogP contribution in [0.15, 0.2) is 24.3 Å². The van der Waals surface area contributed by atoms with Crippen LogP contribution in [-0.2, 0) is 0 Å². The predicted octanol–water partition coefficient (Wildman–Crippen LogP) is 1.44. The van der Waals surface area contributed by atoms with Gasteiger partial charge in [-0.3, -0.25) is 4.98 Å². The van der Waals surface area contributed by atoms with Crippen molar-refractivity contribution in [3.05, 3.63) is 42.6 Å². The Morgan fingerprint density at radius 3 is 2.38 bits per heavy atom. The van der Waals surface area contributed by atoms with Crippen LogP contribution in [0.25, 0.3) is 6.08 Å². The third-order valence-corrected chi connectivity index (χ3v) is 1.79. The molecule has 1 aromatic rings. The van der Waals surface area contributed by atoms with E-state index >= 15 is 0 Å². The Morgan fingerprint density at radius 2 is 1.94 bits per heavy atom. The Hall–Kier alpha value is -0.513. The van der Waals surface area contributed by atoms with Gasteiger partial charge in [0.1, 0.15) is 0 Å². The van der Waals surface area contributed by atoms with Crippen molar-refractivity contribution < 1.29 is 18.9 Å². The normalized spacial score (nSPS) is 9.25. The molecule has 0 atom stereocenters. The number of aromatic nitrogens is 1. The van der Waals surface area contributed by atoms with E-state index in [0.29, 0.717) is 0 Å². The van der Waals surface area contributed by atoms with Gasteiger partial charge < -0.3 is 6.92 Å². The zero-order chi connectivity index (χ0) is 11.5. The molecule has 84 valence electrons. The second kappa shape index (κ2) is 12.6. The first-order chi connectivity index (χ1) is 7.24. The van der Waals surface area contributed by atoms with Gasteiger partial charge in [0, 0.05) is 5.69 Å². The molecule has 0 bridgehead atoms. The first-order valence-electron chi connectivity index (χ1n) is 5.64. The van der Waals surface area contributed by atoms with Crippen LogP contribution in [0.4, 0.5) is 0 Å². The average Bonchev–Trinajstić information content (AvgIpc) is 2.27. The zero-order valence-corrected chi connectivity index (χ0v) is 11.2. The summed E-state index contributed by atoms with van der Waals surface area (Å²) in [6.45, 7) is 9.84. The van der Waals surface area contributed by atoms with E-state index in [-0.39, 0.29) is 18.9 Å². The van der Waals surface area contributed by atoms with E-state index in [1.165, 1.54) is 6.42 Å². The van der Waals surface area contributed by atoms with Gasteiger partial charge in [-0.2, -0.15) is 6.42 Å². The maximum absolute atomic E-state index is 4.32. The third-order valence-electron chi connectivity index (χ3n) is 1.79. The molecule has 0 aliphatic rings. The van der Waals surface area contributed by atoms with E-state index in [4.69, 9.17) is 0 Å². The van der Waals surface area contributed by atoms with Crippen molar-refractivity contribution in [1.82, 2.24) is 4.98 Å². The van der Waals surface area contributed by atoms with E-state index in [9.17, 15) is 0 Å². The van der Waals surface area contributed by atoms with Crippen molar-refractivity contribution in [1.29, 1.82) is 0 Å². The summed E-state index contributed by atoms with van der Waals surface area (Å²) in [6.07, 6.45) is 7.50. The number of hydrogen-bond acceptors (Lipinski definition) is 1. The van der Waals surface area contributed by atoms with Crippen molar-refractivity contribution >= 4 is 6.08 Å². The van der Waals surface area contributed by atoms with Crippen molar-refractivity contribution in [3.8, 4) is 0 Å². The third kappa shape index (κ3) is 10.0. The fourth-order valence-electron chi connectivity index (χ4n) is 0.896. The summed E-state index contributed by atoms with van der Waals surface area (Å²) < 4.78 is 0. The molecule has 1 nitrogen and oxygen atoms in total. The van der Waals surface area contributed by atoms with Gasteiger partial charge in [0.2, 0.25) is 0 Å². The van der Waals surface area contributed by atoms with Gasteiger partial charge in [-0.1, -0.05) is 32.4 Å². The van der Waals surface area contributed by atoms with Crippen molar-refractivity contribution in [2.45, 2.75) is 40.0 Å². The van der Waals surface area contributed by atoms with Crippen LogP contribution in [0.1, 0.15) is 44.5 Å². The first kappa shape index (κ1) is 17.9. The molecular formula is C14H22LiN. The van der Waals surface area contributed by atoms with Gasteiger partial charge >= 0.3 is 18.9 Å². The fourth-order valence-corrected chi connectivity index (χ4v) is 0.896. The van der Waals surface area contributed by atoms with E-state index < -0.39 is 0 Å². The number of nitrogens with zero attached hydrogens (tertiary/aromatic N) is 1. The summed E-state index contributed by atoms with van der Waals surface area (Å²) >= 11 is 0. The Labute approximate surface area is 113 Å². The first-order valence-corrected chi connectivity index (χ1v) is 5.64. The van der Waals surface area contributed by atoms with Gasteiger partial charge in [0.25, 0.3) is 0 Å². The second-order valence-corrected chi connectivity index (χ2v) is 3.37. The summed E-state index contributed by atoms with van der Waals surface area (Å²) in [7, 11) is 0. The van der Waals surface area contributed by atoms with E-state index in [2.05, 4.69) is 31.8 Å². The molecule has 0 aliphatic heterocycles. The molecule has 0 aromatic carbocycles. The monoisotopic (exact) mass is 211 g/mol. The van der Waals surface area contributed by atoms with Crippen LogP contribution in [0.3, 0.4) is 0 Å². The molecule has 0 unspecified atom stereocenters. The number of rotatable bonds is 3. The SMILES string of the molecule is CCC=Cc1cccc(C)n1.[CH2-]CCC.[Li+]. The summed E-state index contributed by atoms with van der Waals surface area (Å²) in [5.74, 6) is 0. The maximum atomic E-state index is 4.32. The van der Waals surface area contributed by atoms with E-state index in [1.54, 1.807) is 0 Å². The Bertz CT molecular complexity index is 280. The van der Waals surface area contributed by atoms with Gasteiger partial charge in [-0.05, 0) is 31.6 Å². The minimum absolute atomic E-state index is 0. The smallest absolute Gasteiger partial charge is 0.343 e. The number of allylic oxidation sites excluding steroid dienone is 1. The molecule has 0 saturated carbocycles. The van der Waals surface area contributed by atoms with Crippen LogP contribution in [0.2, 0.25) is 0 Å². The van der Waals surface area contributed by atoms with Gasteiger partial charge in [0.15, 0.2) is 0 Å². The molecule has 0 saturated heterocycles. The van der Waals surface area contributed by atoms with Crippen LogP contribution in [0, 0.1) is 13.8 Å². The second-order valence-electron chi connectivity index (χ2n) is 3.37. The molecule has 1 rings (SSSR count). The molecule has 2 heteroatoms. The minimum atomic E-state index is 0. The number of unbranched alkanes of at least 4 members (excludes halogenated alkanes) is 1. The predicted molar refractivity (Wildman–Crippen MR) is 68.6 cm³/mol. The van der Waals surface area contributed by atoms with Crippen molar-refractivity contribution in [2.24, 2.45) is 0 Å². The van der Waals surface area contributed by atoms with Gasteiger partial charge in [-0.25, -0.2) is 0 Å².